The van der Waals surface area contributed by atoms with Gasteiger partial charge in [0.2, 0.25) is 0 Å². The molecule has 0 saturated heterocycles. The van der Waals surface area contributed by atoms with E-state index in [0.29, 0.717) is 6.04 Å². The van der Waals surface area contributed by atoms with Crippen LogP contribution < -0.4 is 5.32 Å². The molecule has 1 unspecified atom stereocenters. The molecule has 1 atom stereocenters. The van der Waals surface area contributed by atoms with Crippen molar-refractivity contribution < 1.29 is 0 Å². The van der Waals surface area contributed by atoms with Gasteiger partial charge in [-0.3, -0.25) is 0 Å². The van der Waals surface area contributed by atoms with Gasteiger partial charge in [-0.15, -0.1) is 6.58 Å². The third-order valence-corrected chi connectivity index (χ3v) is 2.82. The summed E-state index contributed by atoms with van der Waals surface area (Å²) in [5.41, 5.74) is 2.40. The largest absolute Gasteiger partial charge is 0.310 e. The monoisotopic (exact) mass is 223 g/mol. The van der Waals surface area contributed by atoms with E-state index in [4.69, 9.17) is 11.6 Å². The van der Waals surface area contributed by atoms with Gasteiger partial charge in [0, 0.05) is 17.6 Å². The Labute approximate surface area is 97.1 Å². The first-order valence-electron chi connectivity index (χ1n) is 5.22. The molecule has 0 fully saturated rings. The summed E-state index contributed by atoms with van der Waals surface area (Å²) in [7, 11) is 0. The van der Waals surface area contributed by atoms with Crippen LogP contribution in [0.15, 0.2) is 30.9 Å². The fourth-order valence-corrected chi connectivity index (χ4v) is 1.56. The second-order valence-corrected chi connectivity index (χ2v) is 4.30. The lowest BCUT2D eigenvalue weighted by molar-refractivity contribution is 0.554. The van der Waals surface area contributed by atoms with E-state index in [-0.39, 0.29) is 0 Å². The molecule has 0 aliphatic heterocycles. The van der Waals surface area contributed by atoms with Crippen molar-refractivity contribution in [3.63, 3.8) is 0 Å². The Morgan fingerprint density at radius 3 is 2.87 bits per heavy atom. The molecule has 1 nitrogen and oxygen atoms in total. The van der Waals surface area contributed by atoms with E-state index in [1.807, 2.05) is 19.1 Å². The Hall–Kier alpha value is -0.790. The quantitative estimate of drug-likeness (QED) is 0.751. The van der Waals surface area contributed by atoms with Gasteiger partial charge in [0.15, 0.2) is 0 Å². The van der Waals surface area contributed by atoms with E-state index in [9.17, 15) is 0 Å². The molecule has 1 aromatic carbocycles. The van der Waals surface area contributed by atoms with Crippen molar-refractivity contribution in [1.82, 2.24) is 5.32 Å². The number of nitrogens with one attached hydrogen (secondary N) is 1. The van der Waals surface area contributed by atoms with Gasteiger partial charge in [0.1, 0.15) is 0 Å². The highest BCUT2D eigenvalue weighted by Crippen LogP contribution is 2.16. The lowest BCUT2D eigenvalue weighted by atomic mass is 10.1. The fraction of sp³-hybridized carbons (Fsp3) is 0.385. The molecule has 0 spiro atoms. The minimum Gasteiger partial charge on any atom is -0.310 e. The number of hydrogen-bond donors (Lipinski definition) is 1. The molecular weight excluding hydrogens is 206 g/mol. The van der Waals surface area contributed by atoms with Crippen LogP contribution in [0.3, 0.4) is 0 Å². The number of aryl methyl sites for hydroxylation is 1. The average Bonchev–Trinajstić information content (AvgIpc) is 2.20. The minimum atomic E-state index is 0.471. The zero-order chi connectivity index (χ0) is 11.3. The summed E-state index contributed by atoms with van der Waals surface area (Å²) in [6, 6.07) is 6.60. The zero-order valence-electron chi connectivity index (χ0n) is 9.39. The molecule has 2 heteroatoms. The van der Waals surface area contributed by atoms with Gasteiger partial charge in [-0.1, -0.05) is 29.8 Å². The van der Waals surface area contributed by atoms with E-state index in [1.54, 1.807) is 0 Å². The second-order valence-electron chi connectivity index (χ2n) is 3.89. The minimum absolute atomic E-state index is 0.471. The summed E-state index contributed by atoms with van der Waals surface area (Å²) in [6.07, 6.45) is 2.93. The first-order valence-corrected chi connectivity index (χ1v) is 5.60. The summed E-state index contributed by atoms with van der Waals surface area (Å²) in [5, 5.41) is 4.26. The molecule has 82 valence electrons. The van der Waals surface area contributed by atoms with Crippen LogP contribution >= 0.6 is 11.6 Å². The van der Waals surface area contributed by atoms with E-state index >= 15 is 0 Å². The van der Waals surface area contributed by atoms with E-state index in [0.717, 1.165) is 23.6 Å². The fourth-order valence-electron chi connectivity index (χ4n) is 1.44. The van der Waals surface area contributed by atoms with Crippen molar-refractivity contribution in [2.45, 2.75) is 32.9 Å². The molecule has 0 aromatic heterocycles. The Balaban J connectivity index is 2.50. The number of rotatable bonds is 5. The Bertz CT molecular complexity index is 333. The third kappa shape index (κ3) is 4.06. The molecule has 0 amide bonds. The summed E-state index contributed by atoms with van der Waals surface area (Å²) >= 11 is 5.96. The lowest BCUT2D eigenvalue weighted by Crippen LogP contribution is -2.24. The van der Waals surface area contributed by atoms with Gasteiger partial charge < -0.3 is 5.32 Å². The SMILES string of the molecule is C=CCC(C)NCc1ccc(Cl)c(C)c1. The highest BCUT2D eigenvalue weighted by Gasteiger charge is 2.00. The van der Waals surface area contributed by atoms with Gasteiger partial charge in [-0.25, -0.2) is 0 Å². The van der Waals surface area contributed by atoms with Crippen molar-refractivity contribution in [1.29, 1.82) is 0 Å². The molecule has 0 heterocycles. The van der Waals surface area contributed by atoms with Crippen LogP contribution in [0.25, 0.3) is 0 Å². The number of halogens is 1. The molecule has 15 heavy (non-hydrogen) atoms. The van der Waals surface area contributed by atoms with Crippen LogP contribution in [0.5, 0.6) is 0 Å². The van der Waals surface area contributed by atoms with Gasteiger partial charge in [-0.2, -0.15) is 0 Å². The molecule has 0 aliphatic rings. The molecule has 1 aromatic rings. The topological polar surface area (TPSA) is 12.0 Å². The van der Waals surface area contributed by atoms with Crippen molar-refractivity contribution in [3.05, 3.63) is 47.0 Å². The van der Waals surface area contributed by atoms with Crippen molar-refractivity contribution in [3.8, 4) is 0 Å². The van der Waals surface area contributed by atoms with Crippen molar-refractivity contribution >= 4 is 11.6 Å². The Morgan fingerprint density at radius 2 is 2.27 bits per heavy atom. The Morgan fingerprint density at radius 1 is 1.53 bits per heavy atom. The van der Waals surface area contributed by atoms with Gasteiger partial charge in [0.25, 0.3) is 0 Å². The highest BCUT2D eigenvalue weighted by atomic mass is 35.5. The van der Waals surface area contributed by atoms with E-state index < -0.39 is 0 Å². The molecule has 1 rings (SSSR count). The predicted octanol–water partition coefficient (Wildman–Crippen LogP) is 3.70. The summed E-state index contributed by atoms with van der Waals surface area (Å²) in [5.74, 6) is 0. The van der Waals surface area contributed by atoms with Crippen LogP contribution in [0.1, 0.15) is 24.5 Å². The Kier molecular flexibility index (Phi) is 4.86. The summed E-state index contributed by atoms with van der Waals surface area (Å²) in [6.45, 7) is 8.79. The van der Waals surface area contributed by atoms with Crippen molar-refractivity contribution in [2.75, 3.05) is 0 Å². The van der Waals surface area contributed by atoms with Gasteiger partial charge in [-0.05, 0) is 37.5 Å². The molecule has 0 aliphatic carbocycles. The maximum atomic E-state index is 5.96. The van der Waals surface area contributed by atoms with E-state index in [2.05, 4.69) is 31.0 Å². The average molecular weight is 224 g/mol. The van der Waals surface area contributed by atoms with Crippen LogP contribution in [0.2, 0.25) is 5.02 Å². The number of benzene rings is 1. The van der Waals surface area contributed by atoms with Gasteiger partial charge in [0.05, 0.1) is 0 Å². The predicted molar refractivity (Wildman–Crippen MR) is 67.3 cm³/mol. The van der Waals surface area contributed by atoms with Gasteiger partial charge >= 0.3 is 0 Å². The smallest absolute Gasteiger partial charge is 0.0435 e. The highest BCUT2D eigenvalue weighted by molar-refractivity contribution is 6.31. The first-order chi connectivity index (χ1) is 7.13. The van der Waals surface area contributed by atoms with Crippen LogP contribution in [0.4, 0.5) is 0 Å². The third-order valence-electron chi connectivity index (χ3n) is 2.40. The molecular formula is C13H18ClN. The molecule has 0 saturated carbocycles. The molecule has 0 bridgehead atoms. The lowest BCUT2D eigenvalue weighted by Gasteiger charge is -2.12. The number of hydrogen-bond acceptors (Lipinski definition) is 1. The second kappa shape index (κ2) is 5.94. The maximum absolute atomic E-state index is 5.96. The summed E-state index contributed by atoms with van der Waals surface area (Å²) < 4.78 is 0. The summed E-state index contributed by atoms with van der Waals surface area (Å²) in [4.78, 5) is 0. The normalized spacial score (nSPS) is 12.5. The van der Waals surface area contributed by atoms with Crippen LogP contribution in [-0.4, -0.2) is 6.04 Å². The standard InChI is InChI=1S/C13H18ClN/c1-4-5-11(3)15-9-12-6-7-13(14)10(2)8-12/h4,6-8,11,15H,1,5,9H2,2-3H3. The molecule has 0 radical (unpaired) electrons. The zero-order valence-corrected chi connectivity index (χ0v) is 10.1. The van der Waals surface area contributed by atoms with Crippen LogP contribution in [-0.2, 0) is 6.54 Å². The van der Waals surface area contributed by atoms with E-state index in [1.165, 1.54) is 5.56 Å². The van der Waals surface area contributed by atoms with Crippen molar-refractivity contribution in [2.24, 2.45) is 0 Å². The molecule has 1 N–H and O–H groups in total. The van der Waals surface area contributed by atoms with Crippen LogP contribution in [0, 0.1) is 6.92 Å². The maximum Gasteiger partial charge on any atom is 0.0435 e. The first kappa shape index (κ1) is 12.3.